The van der Waals surface area contributed by atoms with E-state index in [4.69, 9.17) is 0 Å². The molecular formula is C30H40O. The van der Waals surface area contributed by atoms with Crippen LogP contribution >= 0.6 is 0 Å². The normalized spacial score (nSPS) is 19.6. The molecule has 0 saturated carbocycles. The summed E-state index contributed by atoms with van der Waals surface area (Å²) in [6.07, 6.45) is 29.3. The Morgan fingerprint density at radius 1 is 0.742 bits per heavy atom. The molecule has 166 valence electrons. The van der Waals surface area contributed by atoms with Crippen LogP contribution in [0.5, 0.6) is 0 Å². The van der Waals surface area contributed by atoms with Crippen LogP contribution in [-0.4, -0.2) is 6.29 Å². The fraction of sp³-hybridized carbons (Fsp3) is 0.367. The number of allylic oxidation sites excluding steroid dienone is 18. The van der Waals surface area contributed by atoms with Gasteiger partial charge in [0.1, 0.15) is 6.29 Å². The lowest BCUT2D eigenvalue weighted by Gasteiger charge is -2.32. The Morgan fingerprint density at radius 2 is 1.19 bits per heavy atom. The molecule has 0 aromatic carbocycles. The summed E-state index contributed by atoms with van der Waals surface area (Å²) in [6.45, 7) is 15.2. The Bertz CT molecular complexity index is 887. The molecule has 0 spiro atoms. The first kappa shape index (κ1) is 26.4. The summed E-state index contributed by atoms with van der Waals surface area (Å²) >= 11 is 0. The SMILES string of the molecule is CC1=C(/C=C/C(C)=C/C=C/C(C)=C/C=C/C(C)=C/C=C/C(C)=C/C=O)C(C)(C)CCC1. The van der Waals surface area contributed by atoms with Gasteiger partial charge in [-0.3, -0.25) is 4.79 Å². The smallest absolute Gasteiger partial charge is 0.143 e. The van der Waals surface area contributed by atoms with E-state index in [9.17, 15) is 4.79 Å². The quantitative estimate of drug-likeness (QED) is 0.209. The van der Waals surface area contributed by atoms with Crippen LogP contribution in [0.2, 0.25) is 0 Å². The third kappa shape index (κ3) is 10.8. The Kier molecular flexibility index (Phi) is 11.6. The average molecular weight is 417 g/mol. The molecule has 0 aromatic rings. The van der Waals surface area contributed by atoms with Gasteiger partial charge < -0.3 is 0 Å². The van der Waals surface area contributed by atoms with E-state index in [0.29, 0.717) is 0 Å². The fourth-order valence-electron chi connectivity index (χ4n) is 3.61. The molecule has 1 heteroatoms. The van der Waals surface area contributed by atoms with Gasteiger partial charge in [0, 0.05) is 0 Å². The summed E-state index contributed by atoms with van der Waals surface area (Å²) in [5.74, 6) is 0. The first-order valence-electron chi connectivity index (χ1n) is 11.2. The van der Waals surface area contributed by atoms with Crippen molar-refractivity contribution < 1.29 is 4.79 Å². The molecule has 0 aliphatic heterocycles. The van der Waals surface area contributed by atoms with Gasteiger partial charge in [-0.2, -0.15) is 0 Å². The van der Waals surface area contributed by atoms with E-state index in [1.165, 1.54) is 41.6 Å². The molecule has 0 saturated heterocycles. The van der Waals surface area contributed by atoms with Gasteiger partial charge >= 0.3 is 0 Å². The molecule has 0 heterocycles. The number of carbonyl (C=O) groups excluding carboxylic acids is 1. The lowest BCUT2D eigenvalue weighted by atomic mass is 9.72. The van der Waals surface area contributed by atoms with Gasteiger partial charge in [-0.05, 0) is 76.5 Å². The maximum Gasteiger partial charge on any atom is 0.143 e. The van der Waals surface area contributed by atoms with E-state index in [1.54, 1.807) is 6.08 Å². The van der Waals surface area contributed by atoms with Crippen molar-refractivity contribution in [1.29, 1.82) is 0 Å². The van der Waals surface area contributed by atoms with Crippen LogP contribution in [0.3, 0.4) is 0 Å². The Hall–Kier alpha value is -2.67. The molecule has 1 rings (SSSR count). The van der Waals surface area contributed by atoms with Crippen molar-refractivity contribution in [2.24, 2.45) is 5.41 Å². The van der Waals surface area contributed by atoms with Crippen LogP contribution in [0.4, 0.5) is 0 Å². The zero-order valence-electron chi connectivity index (χ0n) is 20.5. The van der Waals surface area contributed by atoms with Crippen molar-refractivity contribution in [3.05, 3.63) is 106 Å². The van der Waals surface area contributed by atoms with E-state index in [-0.39, 0.29) is 5.41 Å². The lowest BCUT2D eigenvalue weighted by Crippen LogP contribution is -2.19. The zero-order chi connectivity index (χ0) is 23.3. The predicted molar refractivity (Wildman–Crippen MR) is 138 cm³/mol. The molecule has 0 fully saturated rings. The van der Waals surface area contributed by atoms with Crippen LogP contribution < -0.4 is 0 Å². The number of hydrogen-bond acceptors (Lipinski definition) is 1. The van der Waals surface area contributed by atoms with Crippen LogP contribution in [-0.2, 0) is 4.79 Å². The fourth-order valence-corrected chi connectivity index (χ4v) is 3.61. The second kappa shape index (κ2) is 13.6. The van der Waals surface area contributed by atoms with E-state index in [2.05, 4.69) is 90.2 Å². The van der Waals surface area contributed by atoms with Crippen molar-refractivity contribution in [2.75, 3.05) is 0 Å². The molecule has 0 N–H and O–H groups in total. The van der Waals surface area contributed by atoms with Crippen LogP contribution in [0.25, 0.3) is 0 Å². The summed E-state index contributed by atoms with van der Waals surface area (Å²) in [5.41, 5.74) is 7.87. The van der Waals surface area contributed by atoms with Gasteiger partial charge in [0.2, 0.25) is 0 Å². The third-order valence-corrected chi connectivity index (χ3v) is 5.54. The highest BCUT2D eigenvalue weighted by Gasteiger charge is 2.26. The van der Waals surface area contributed by atoms with Crippen molar-refractivity contribution in [3.63, 3.8) is 0 Å². The van der Waals surface area contributed by atoms with E-state index >= 15 is 0 Å². The maximum absolute atomic E-state index is 10.4. The molecule has 1 nitrogen and oxygen atoms in total. The zero-order valence-corrected chi connectivity index (χ0v) is 20.5. The van der Waals surface area contributed by atoms with Gasteiger partial charge in [0.05, 0.1) is 0 Å². The molecule has 0 radical (unpaired) electrons. The average Bonchev–Trinajstić information content (AvgIpc) is 2.67. The van der Waals surface area contributed by atoms with Gasteiger partial charge in [0.15, 0.2) is 0 Å². The van der Waals surface area contributed by atoms with Gasteiger partial charge in [0.25, 0.3) is 0 Å². The number of aldehydes is 1. The van der Waals surface area contributed by atoms with Gasteiger partial charge in [-0.1, -0.05) is 103 Å². The first-order valence-corrected chi connectivity index (χ1v) is 11.2. The standard InChI is InChI=1S/C30H40O/c1-24(12-8-13-25(2)15-10-17-27(4)21-23-31)14-9-16-26(3)19-20-29-28(5)18-11-22-30(29,6)7/h8-10,12-17,19-21,23H,11,18,22H2,1-7H3/b13-8+,14-9+,17-10+,20-19+,24-12+,25-15+,26-16+,27-21+. The molecule has 0 atom stereocenters. The van der Waals surface area contributed by atoms with Crippen molar-refractivity contribution in [3.8, 4) is 0 Å². The molecular weight excluding hydrogens is 376 g/mol. The molecule has 31 heavy (non-hydrogen) atoms. The Morgan fingerprint density at radius 3 is 1.65 bits per heavy atom. The summed E-state index contributed by atoms with van der Waals surface area (Å²) in [5, 5.41) is 0. The molecule has 0 amide bonds. The van der Waals surface area contributed by atoms with Crippen LogP contribution in [0.15, 0.2) is 106 Å². The van der Waals surface area contributed by atoms with Gasteiger partial charge in [-0.15, -0.1) is 0 Å². The van der Waals surface area contributed by atoms with E-state index in [0.717, 1.165) is 17.4 Å². The molecule has 1 aliphatic rings. The Labute approximate surface area is 190 Å². The highest BCUT2D eigenvalue weighted by atomic mass is 16.1. The number of carbonyl (C=O) groups is 1. The van der Waals surface area contributed by atoms with Gasteiger partial charge in [-0.25, -0.2) is 0 Å². The molecule has 0 bridgehead atoms. The van der Waals surface area contributed by atoms with E-state index < -0.39 is 0 Å². The van der Waals surface area contributed by atoms with Crippen LogP contribution in [0.1, 0.15) is 67.7 Å². The number of rotatable bonds is 9. The molecule has 1 aliphatic carbocycles. The van der Waals surface area contributed by atoms with E-state index in [1.807, 2.05) is 25.2 Å². The summed E-state index contributed by atoms with van der Waals surface area (Å²) in [4.78, 5) is 10.4. The Balaban J connectivity index is 2.67. The largest absolute Gasteiger partial charge is 0.299 e. The predicted octanol–water partition coefficient (Wildman–Crippen LogP) is 8.72. The second-order valence-electron chi connectivity index (χ2n) is 9.12. The third-order valence-electron chi connectivity index (χ3n) is 5.54. The number of hydrogen-bond donors (Lipinski definition) is 0. The van der Waals surface area contributed by atoms with Crippen molar-refractivity contribution >= 4 is 6.29 Å². The molecule has 0 aromatic heterocycles. The van der Waals surface area contributed by atoms with Crippen molar-refractivity contribution in [1.82, 2.24) is 0 Å². The second-order valence-corrected chi connectivity index (χ2v) is 9.12. The minimum Gasteiger partial charge on any atom is -0.299 e. The highest BCUT2D eigenvalue weighted by Crippen LogP contribution is 2.40. The molecule has 0 unspecified atom stereocenters. The summed E-state index contributed by atoms with van der Waals surface area (Å²) in [6, 6.07) is 0. The van der Waals surface area contributed by atoms with Crippen LogP contribution in [0, 0.1) is 5.41 Å². The van der Waals surface area contributed by atoms with Crippen molar-refractivity contribution in [2.45, 2.75) is 67.7 Å². The minimum atomic E-state index is 0.286. The maximum atomic E-state index is 10.4. The highest BCUT2D eigenvalue weighted by molar-refractivity contribution is 5.66. The minimum absolute atomic E-state index is 0.286. The summed E-state index contributed by atoms with van der Waals surface area (Å²) < 4.78 is 0. The monoisotopic (exact) mass is 416 g/mol. The summed E-state index contributed by atoms with van der Waals surface area (Å²) in [7, 11) is 0. The first-order chi connectivity index (χ1) is 14.7. The lowest BCUT2D eigenvalue weighted by molar-refractivity contribution is -0.104. The topological polar surface area (TPSA) is 17.1 Å².